The number of hydrogen-bond acceptors (Lipinski definition) is 8. The first-order valence-electron chi connectivity index (χ1n) is 7.81. The second-order valence-corrected chi connectivity index (χ2v) is 6.40. The van der Waals surface area contributed by atoms with Gasteiger partial charge in [0, 0.05) is 6.54 Å². The van der Waals surface area contributed by atoms with E-state index in [1.807, 2.05) is 24.5 Å². The third-order valence-corrected chi connectivity index (χ3v) is 4.55. The molecule has 1 aliphatic heterocycles. The molecule has 10 heteroatoms. The van der Waals surface area contributed by atoms with Gasteiger partial charge in [-0.2, -0.15) is 4.98 Å². The lowest BCUT2D eigenvalue weighted by molar-refractivity contribution is -0.121. The summed E-state index contributed by atoms with van der Waals surface area (Å²) < 4.78 is 12.3. The molecule has 4 rings (SSSR count). The molecule has 0 saturated heterocycles. The van der Waals surface area contributed by atoms with E-state index in [0.29, 0.717) is 34.2 Å². The summed E-state index contributed by atoms with van der Waals surface area (Å²) in [4.78, 5) is 24.9. The first-order valence-corrected chi connectivity index (χ1v) is 9.04. The zero-order valence-corrected chi connectivity index (χ0v) is 14.7. The number of ether oxygens (including phenoxy) is 2. The standard InChI is InChI=1S/C16H16N6O3S/c1-26-15-13-14(20-16(17)21-15)22(7-19-13)6-12(23)18-5-9-2-3-10-11(4-9)25-8-24-10/h2-4,7H,5-6,8H2,1H3,(H,18,23)(H2,17,20,21). The molecule has 26 heavy (non-hydrogen) atoms. The van der Waals surface area contributed by atoms with Gasteiger partial charge < -0.3 is 25.1 Å². The quantitative estimate of drug-likeness (QED) is 0.506. The molecule has 1 amide bonds. The van der Waals surface area contributed by atoms with E-state index in [-0.39, 0.29) is 25.2 Å². The van der Waals surface area contributed by atoms with E-state index in [2.05, 4.69) is 20.3 Å². The molecule has 0 atom stereocenters. The lowest BCUT2D eigenvalue weighted by atomic mass is 10.2. The molecular formula is C16H16N6O3S. The molecule has 0 fully saturated rings. The number of anilines is 1. The molecule has 0 aliphatic carbocycles. The minimum Gasteiger partial charge on any atom is -0.454 e. The number of hydrogen-bond donors (Lipinski definition) is 2. The third kappa shape index (κ3) is 3.10. The lowest BCUT2D eigenvalue weighted by Crippen LogP contribution is -2.27. The van der Waals surface area contributed by atoms with Crippen LogP contribution in [0, 0.1) is 0 Å². The van der Waals surface area contributed by atoms with Gasteiger partial charge in [0.05, 0.1) is 6.33 Å². The molecule has 3 heterocycles. The molecule has 134 valence electrons. The lowest BCUT2D eigenvalue weighted by Gasteiger charge is -2.08. The van der Waals surface area contributed by atoms with Crippen LogP contribution in [0.1, 0.15) is 5.56 Å². The van der Waals surface area contributed by atoms with Gasteiger partial charge in [-0.25, -0.2) is 9.97 Å². The Morgan fingerprint density at radius 1 is 1.35 bits per heavy atom. The Balaban J connectivity index is 1.45. The number of thioether (sulfide) groups is 1. The number of nitrogens with zero attached hydrogens (tertiary/aromatic N) is 4. The summed E-state index contributed by atoms with van der Waals surface area (Å²) in [6.45, 7) is 0.697. The van der Waals surface area contributed by atoms with Gasteiger partial charge in [0.25, 0.3) is 0 Å². The van der Waals surface area contributed by atoms with Crippen LogP contribution in [-0.4, -0.2) is 38.5 Å². The van der Waals surface area contributed by atoms with Crippen molar-refractivity contribution >= 4 is 34.8 Å². The van der Waals surface area contributed by atoms with Crippen molar-refractivity contribution in [3.63, 3.8) is 0 Å². The predicted octanol–water partition coefficient (Wildman–Crippen LogP) is 1.18. The van der Waals surface area contributed by atoms with E-state index in [1.165, 1.54) is 11.8 Å². The van der Waals surface area contributed by atoms with Crippen LogP contribution >= 0.6 is 11.8 Å². The van der Waals surface area contributed by atoms with Crippen molar-refractivity contribution in [3.8, 4) is 11.5 Å². The molecule has 3 N–H and O–H groups in total. The maximum Gasteiger partial charge on any atom is 0.240 e. The highest BCUT2D eigenvalue weighted by atomic mass is 32.2. The Bertz CT molecular complexity index is 990. The Morgan fingerprint density at radius 3 is 3.04 bits per heavy atom. The second-order valence-electron chi connectivity index (χ2n) is 5.60. The number of rotatable bonds is 5. The van der Waals surface area contributed by atoms with Crippen LogP contribution in [0.5, 0.6) is 11.5 Å². The number of nitrogens with one attached hydrogen (secondary N) is 1. The van der Waals surface area contributed by atoms with E-state index in [0.717, 1.165) is 5.56 Å². The molecule has 2 aromatic heterocycles. The maximum atomic E-state index is 12.3. The van der Waals surface area contributed by atoms with Gasteiger partial charge in [0.1, 0.15) is 17.1 Å². The smallest absolute Gasteiger partial charge is 0.240 e. The summed E-state index contributed by atoms with van der Waals surface area (Å²) in [6, 6.07) is 5.57. The van der Waals surface area contributed by atoms with Gasteiger partial charge in [-0.15, -0.1) is 11.8 Å². The molecule has 1 aliphatic rings. The molecule has 0 bridgehead atoms. The van der Waals surface area contributed by atoms with E-state index in [9.17, 15) is 4.79 Å². The van der Waals surface area contributed by atoms with Crippen molar-refractivity contribution in [3.05, 3.63) is 30.1 Å². The average molecular weight is 372 g/mol. The number of fused-ring (bicyclic) bond motifs is 2. The number of benzene rings is 1. The number of aromatic nitrogens is 4. The zero-order valence-electron chi connectivity index (χ0n) is 13.9. The molecule has 1 aromatic carbocycles. The highest BCUT2D eigenvalue weighted by Gasteiger charge is 2.15. The minimum atomic E-state index is -0.162. The number of carbonyl (C=O) groups is 1. The van der Waals surface area contributed by atoms with Gasteiger partial charge in [-0.3, -0.25) is 4.79 Å². The molecule has 3 aromatic rings. The number of amides is 1. The van der Waals surface area contributed by atoms with Crippen LogP contribution in [0.3, 0.4) is 0 Å². The maximum absolute atomic E-state index is 12.3. The fourth-order valence-electron chi connectivity index (χ4n) is 2.65. The third-order valence-electron chi connectivity index (χ3n) is 3.88. The normalized spacial score (nSPS) is 12.5. The minimum absolute atomic E-state index is 0.0886. The molecule has 0 radical (unpaired) electrons. The summed E-state index contributed by atoms with van der Waals surface area (Å²) in [5.74, 6) is 1.40. The zero-order chi connectivity index (χ0) is 18.1. The monoisotopic (exact) mass is 372 g/mol. The first-order chi connectivity index (χ1) is 12.6. The summed E-state index contributed by atoms with van der Waals surface area (Å²) in [6.07, 6.45) is 3.46. The van der Waals surface area contributed by atoms with Crippen LogP contribution in [0.2, 0.25) is 0 Å². The summed E-state index contributed by atoms with van der Waals surface area (Å²) in [5, 5.41) is 3.56. The van der Waals surface area contributed by atoms with Gasteiger partial charge in [-0.1, -0.05) is 6.07 Å². The Labute approximate surface area is 152 Å². The predicted molar refractivity (Wildman–Crippen MR) is 95.9 cm³/mol. The number of carbonyl (C=O) groups excluding carboxylic acids is 1. The number of imidazole rings is 1. The van der Waals surface area contributed by atoms with Crippen LogP contribution in [0.4, 0.5) is 5.95 Å². The van der Waals surface area contributed by atoms with Crippen LogP contribution in [-0.2, 0) is 17.9 Å². The van der Waals surface area contributed by atoms with Crippen molar-refractivity contribution in [1.29, 1.82) is 0 Å². The average Bonchev–Trinajstić information content (AvgIpc) is 3.26. The fraction of sp³-hybridized carbons (Fsp3) is 0.250. The molecule has 0 spiro atoms. The Kier molecular flexibility index (Phi) is 4.25. The number of nitrogen functional groups attached to an aromatic ring is 1. The second kappa shape index (κ2) is 6.71. The van der Waals surface area contributed by atoms with E-state index < -0.39 is 0 Å². The topological polar surface area (TPSA) is 117 Å². The van der Waals surface area contributed by atoms with Crippen LogP contribution < -0.4 is 20.5 Å². The van der Waals surface area contributed by atoms with Gasteiger partial charge in [-0.05, 0) is 24.0 Å². The van der Waals surface area contributed by atoms with Crippen molar-refractivity contribution in [2.45, 2.75) is 18.1 Å². The highest BCUT2D eigenvalue weighted by molar-refractivity contribution is 7.98. The SMILES string of the molecule is CSc1nc(N)nc2c1ncn2CC(=O)NCc1ccc2c(c1)OCO2. The van der Waals surface area contributed by atoms with Crippen LogP contribution in [0.15, 0.2) is 29.6 Å². The first kappa shape index (κ1) is 16.5. The fourth-order valence-corrected chi connectivity index (χ4v) is 3.18. The van der Waals surface area contributed by atoms with Crippen LogP contribution in [0.25, 0.3) is 11.2 Å². The Hall–Kier alpha value is -3.01. The summed E-state index contributed by atoms with van der Waals surface area (Å²) in [5.41, 5.74) is 7.84. The van der Waals surface area contributed by atoms with Gasteiger partial charge in [0.15, 0.2) is 17.1 Å². The van der Waals surface area contributed by atoms with Crippen molar-refractivity contribution in [2.75, 3.05) is 18.8 Å². The van der Waals surface area contributed by atoms with Crippen molar-refractivity contribution < 1.29 is 14.3 Å². The van der Waals surface area contributed by atoms with E-state index in [4.69, 9.17) is 15.2 Å². The van der Waals surface area contributed by atoms with E-state index >= 15 is 0 Å². The number of nitrogens with two attached hydrogens (primary N) is 1. The summed E-state index contributed by atoms with van der Waals surface area (Å²) in [7, 11) is 0. The van der Waals surface area contributed by atoms with Gasteiger partial charge >= 0.3 is 0 Å². The molecule has 0 unspecified atom stereocenters. The van der Waals surface area contributed by atoms with E-state index in [1.54, 1.807) is 10.9 Å². The van der Waals surface area contributed by atoms with Crippen molar-refractivity contribution in [1.82, 2.24) is 24.8 Å². The highest BCUT2D eigenvalue weighted by Crippen LogP contribution is 2.32. The summed E-state index contributed by atoms with van der Waals surface area (Å²) >= 11 is 1.43. The molecular weight excluding hydrogens is 356 g/mol. The van der Waals surface area contributed by atoms with Gasteiger partial charge in [0.2, 0.25) is 18.6 Å². The molecule has 0 saturated carbocycles. The van der Waals surface area contributed by atoms with Crippen molar-refractivity contribution in [2.24, 2.45) is 0 Å². The Morgan fingerprint density at radius 2 is 2.19 bits per heavy atom. The largest absolute Gasteiger partial charge is 0.454 e. The molecule has 9 nitrogen and oxygen atoms in total.